The fraction of sp³-hybridized carbons (Fsp3) is 0.333. The van der Waals surface area contributed by atoms with Gasteiger partial charge in [-0.05, 0) is 68.6 Å². The molecule has 1 unspecified atom stereocenters. The van der Waals surface area contributed by atoms with Crippen molar-refractivity contribution in [2.24, 2.45) is 0 Å². The van der Waals surface area contributed by atoms with E-state index in [0.29, 0.717) is 6.42 Å². The van der Waals surface area contributed by atoms with E-state index >= 15 is 0 Å². The van der Waals surface area contributed by atoms with E-state index in [-0.39, 0.29) is 11.9 Å². The number of nitrogens with one attached hydrogen (secondary N) is 1. The molecule has 0 fully saturated rings. The van der Waals surface area contributed by atoms with E-state index in [1.54, 1.807) is 0 Å². The summed E-state index contributed by atoms with van der Waals surface area (Å²) in [5.41, 5.74) is 5.77. The van der Waals surface area contributed by atoms with E-state index < -0.39 is 0 Å². The lowest BCUT2D eigenvalue weighted by atomic mass is 9.90. The van der Waals surface area contributed by atoms with Crippen molar-refractivity contribution in [2.75, 3.05) is 7.05 Å². The van der Waals surface area contributed by atoms with Crippen molar-refractivity contribution in [2.45, 2.75) is 33.2 Å². The maximum absolute atomic E-state index is 14.1. The summed E-state index contributed by atoms with van der Waals surface area (Å²) in [4.78, 5) is 0. The highest BCUT2D eigenvalue weighted by molar-refractivity contribution is 9.10. The SMILES string of the molecule is CNC(Cc1ccc(Br)cc1F)c1c(C)cc(C)cc1C. The van der Waals surface area contributed by atoms with Crippen molar-refractivity contribution >= 4 is 15.9 Å². The van der Waals surface area contributed by atoms with Gasteiger partial charge in [-0.15, -0.1) is 0 Å². The molecule has 112 valence electrons. The summed E-state index contributed by atoms with van der Waals surface area (Å²) >= 11 is 3.30. The number of hydrogen-bond donors (Lipinski definition) is 1. The monoisotopic (exact) mass is 349 g/mol. The Bertz CT molecular complexity index is 629. The molecule has 1 N–H and O–H groups in total. The van der Waals surface area contributed by atoms with E-state index in [1.165, 1.54) is 28.3 Å². The smallest absolute Gasteiger partial charge is 0.127 e. The van der Waals surface area contributed by atoms with Crippen LogP contribution < -0.4 is 5.32 Å². The van der Waals surface area contributed by atoms with Crippen molar-refractivity contribution in [1.82, 2.24) is 5.32 Å². The highest BCUT2D eigenvalue weighted by Crippen LogP contribution is 2.27. The molecule has 0 saturated heterocycles. The third-order valence-electron chi connectivity index (χ3n) is 3.87. The van der Waals surface area contributed by atoms with Crippen LogP contribution in [0.3, 0.4) is 0 Å². The van der Waals surface area contributed by atoms with Gasteiger partial charge in [-0.25, -0.2) is 4.39 Å². The van der Waals surface area contributed by atoms with Crippen LogP contribution in [-0.4, -0.2) is 7.05 Å². The Morgan fingerprint density at radius 1 is 1.10 bits per heavy atom. The van der Waals surface area contributed by atoms with E-state index in [4.69, 9.17) is 0 Å². The predicted molar refractivity (Wildman–Crippen MR) is 90.3 cm³/mol. The minimum Gasteiger partial charge on any atom is -0.313 e. The van der Waals surface area contributed by atoms with Crippen molar-refractivity contribution in [3.63, 3.8) is 0 Å². The average Bonchev–Trinajstić information content (AvgIpc) is 2.39. The Kier molecular flexibility index (Phi) is 5.17. The number of halogens is 2. The number of rotatable bonds is 4. The van der Waals surface area contributed by atoms with E-state index in [0.717, 1.165) is 10.0 Å². The molecule has 2 aromatic rings. The first-order valence-electron chi connectivity index (χ1n) is 7.11. The molecular formula is C18H21BrFN. The molecule has 1 atom stereocenters. The van der Waals surface area contributed by atoms with Crippen LogP contribution >= 0.6 is 15.9 Å². The van der Waals surface area contributed by atoms with Gasteiger partial charge in [0.15, 0.2) is 0 Å². The van der Waals surface area contributed by atoms with Gasteiger partial charge in [0.05, 0.1) is 0 Å². The van der Waals surface area contributed by atoms with Crippen molar-refractivity contribution < 1.29 is 4.39 Å². The third-order valence-corrected chi connectivity index (χ3v) is 4.37. The minimum atomic E-state index is -0.160. The third kappa shape index (κ3) is 3.72. The number of benzene rings is 2. The summed E-state index contributed by atoms with van der Waals surface area (Å²) in [5, 5.41) is 3.33. The molecule has 1 nitrogen and oxygen atoms in total. The Balaban J connectivity index is 2.37. The molecule has 2 aromatic carbocycles. The van der Waals surface area contributed by atoms with E-state index in [2.05, 4.69) is 54.2 Å². The second-order valence-corrected chi connectivity index (χ2v) is 6.51. The average molecular weight is 350 g/mol. The molecule has 0 bridgehead atoms. The molecule has 0 amide bonds. The maximum Gasteiger partial charge on any atom is 0.127 e. The summed E-state index contributed by atoms with van der Waals surface area (Å²) in [5.74, 6) is -0.160. The van der Waals surface area contributed by atoms with Gasteiger partial charge in [-0.3, -0.25) is 0 Å². The topological polar surface area (TPSA) is 12.0 Å². The molecule has 0 spiro atoms. The summed E-state index contributed by atoms with van der Waals surface area (Å²) in [6.07, 6.45) is 0.639. The number of hydrogen-bond acceptors (Lipinski definition) is 1. The predicted octanol–water partition coefficient (Wildman–Crippen LogP) is 5.02. The van der Waals surface area contributed by atoms with Crippen molar-refractivity contribution in [1.29, 1.82) is 0 Å². The fourth-order valence-electron chi connectivity index (χ4n) is 3.00. The minimum absolute atomic E-state index is 0.112. The highest BCUT2D eigenvalue weighted by Gasteiger charge is 2.17. The molecule has 0 aliphatic heterocycles. The van der Waals surface area contributed by atoms with Gasteiger partial charge in [0.1, 0.15) is 5.82 Å². The lowest BCUT2D eigenvalue weighted by Gasteiger charge is -2.22. The van der Waals surface area contributed by atoms with Gasteiger partial charge < -0.3 is 5.32 Å². The standard InChI is InChI=1S/C18H21BrFN/c1-11-7-12(2)18(13(3)8-11)17(21-4)9-14-5-6-15(19)10-16(14)20/h5-8,10,17,21H,9H2,1-4H3. The van der Waals surface area contributed by atoms with Crippen LogP contribution in [0.25, 0.3) is 0 Å². The first-order chi connectivity index (χ1) is 9.92. The molecule has 0 saturated carbocycles. The summed E-state index contributed by atoms with van der Waals surface area (Å²) in [6, 6.07) is 9.75. The summed E-state index contributed by atoms with van der Waals surface area (Å²) < 4.78 is 14.8. The molecule has 0 heterocycles. The van der Waals surface area contributed by atoms with Crippen LogP contribution in [0.15, 0.2) is 34.8 Å². The molecule has 3 heteroatoms. The number of aryl methyl sites for hydroxylation is 3. The Morgan fingerprint density at radius 2 is 1.71 bits per heavy atom. The zero-order chi connectivity index (χ0) is 15.6. The normalized spacial score (nSPS) is 12.5. The van der Waals surface area contributed by atoms with Gasteiger partial charge in [-0.1, -0.05) is 39.7 Å². The van der Waals surface area contributed by atoms with Crippen LogP contribution in [-0.2, 0) is 6.42 Å². The lowest BCUT2D eigenvalue weighted by molar-refractivity contribution is 0.550. The quantitative estimate of drug-likeness (QED) is 0.817. The first-order valence-corrected chi connectivity index (χ1v) is 7.90. The second kappa shape index (κ2) is 6.71. The van der Waals surface area contributed by atoms with Gasteiger partial charge >= 0.3 is 0 Å². The van der Waals surface area contributed by atoms with E-state index in [1.807, 2.05) is 19.2 Å². The zero-order valence-corrected chi connectivity index (χ0v) is 14.5. The van der Waals surface area contributed by atoms with E-state index in [9.17, 15) is 4.39 Å². The molecule has 0 aromatic heterocycles. The Hall–Kier alpha value is -1.19. The Labute approximate surface area is 134 Å². The zero-order valence-electron chi connectivity index (χ0n) is 12.9. The fourth-order valence-corrected chi connectivity index (χ4v) is 3.33. The van der Waals surface area contributed by atoms with Crippen LogP contribution in [0, 0.1) is 26.6 Å². The van der Waals surface area contributed by atoms with Gasteiger partial charge in [0.25, 0.3) is 0 Å². The largest absolute Gasteiger partial charge is 0.313 e. The van der Waals surface area contributed by atoms with Gasteiger partial charge in [0.2, 0.25) is 0 Å². The molecule has 2 rings (SSSR count). The van der Waals surface area contributed by atoms with Gasteiger partial charge in [-0.2, -0.15) is 0 Å². The maximum atomic E-state index is 14.1. The number of likely N-dealkylation sites (N-methyl/N-ethyl adjacent to an activating group) is 1. The molecular weight excluding hydrogens is 329 g/mol. The molecule has 0 aliphatic carbocycles. The second-order valence-electron chi connectivity index (χ2n) is 5.59. The van der Waals surface area contributed by atoms with Crippen LogP contribution in [0.2, 0.25) is 0 Å². The molecule has 21 heavy (non-hydrogen) atoms. The Morgan fingerprint density at radius 3 is 2.24 bits per heavy atom. The lowest BCUT2D eigenvalue weighted by Crippen LogP contribution is -2.21. The van der Waals surface area contributed by atoms with Crippen molar-refractivity contribution in [3.05, 3.63) is 68.4 Å². The van der Waals surface area contributed by atoms with Crippen LogP contribution in [0.5, 0.6) is 0 Å². The van der Waals surface area contributed by atoms with Gasteiger partial charge in [0, 0.05) is 10.5 Å². The summed E-state index contributed by atoms with van der Waals surface area (Å²) in [6.45, 7) is 6.35. The molecule has 0 aliphatic rings. The highest BCUT2D eigenvalue weighted by atomic mass is 79.9. The van der Waals surface area contributed by atoms with Crippen molar-refractivity contribution in [3.8, 4) is 0 Å². The van der Waals surface area contributed by atoms with Crippen LogP contribution in [0.1, 0.15) is 33.9 Å². The van der Waals surface area contributed by atoms with Crippen LogP contribution in [0.4, 0.5) is 4.39 Å². The molecule has 0 radical (unpaired) electrons. The first kappa shape index (κ1) is 16.2. The summed E-state index contributed by atoms with van der Waals surface area (Å²) in [7, 11) is 1.93.